The fourth-order valence-corrected chi connectivity index (χ4v) is 4.34. The van der Waals surface area contributed by atoms with Crippen molar-refractivity contribution in [3.63, 3.8) is 0 Å². The highest BCUT2D eigenvalue weighted by molar-refractivity contribution is 7.92. The van der Waals surface area contributed by atoms with Gasteiger partial charge in [0.05, 0.1) is 26.2 Å². The Bertz CT molecular complexity index is 1120. The molecule has 1 unspecified atom stereocenters. The number of carbonyl (C=O) groups is 2. The third-order valence-corrected chi connectivity index (χ3v) is 6.41. The van der Waals surface area contributed by atoms with Gasteiger partial charge in [0.25, 0.3) is 0 Å². The molecule has 9 nitrogen and oxygen atoms in total. The first-order chi connectivity index (χ1) is 16.0. The largest absolute Gasteiger partial charge is 0.497 e. The summed E-state index contributed by atoms with van der Waals surface area (Å²) in [7, 11) is -1.02. The average Bonchev–Trinajstić information content (AvgIpc) is 2.79. The lowest BCUT2D eigenvalue weighted by Crippen LogP contribution is -2.51. The number of rotatable bonds is 11. The molecule has 0 aliphatic heterocycles. The van der Waals surface area contributed by atoms with Gasteiger partial charge in [0.1, 0.15) is 24.1 Å². The van der Waals surface area contributed by atoms with E-state index >= 15 is 0 Å². The number of nitrogens with one attached hydrogen (secondary N) is 1. The van der Waals surface area contributed by atoms with Crippen molar-refractivity contribution in [1.82, 2.24) is 10.2 Å². The Morgan fingerprint density at radius 3 is 2.35 bits per heavy atom. The van der Waals surface area contributed by atoms with Crippen molar-refractivity contribution in [1.29, 1.82) is 0 Å². The van der Waals surface area contributed by atoms with Gasteiger partial charge in [-0.15, -0.1) is 0 Å². The Kier molecular flexibility index (Phi) is 9.31. The molecule has 0 radical (unpaired) electrons. The van der Waals surface area contributed by atoms with Gasteiger partial charge in [-0.05, 0) is 38.5 Å². The third kappa shape index (κ3) is 6.86. The smallest absolute Gasteiger partial charge is 0.244 e. The number of amides is 2. The van der Waals surface area contributed by atoms with Crippen molar-refractivity contribution in [3.05, 3.63) is 53.6 Å². The lowest BCUT2D eigenvalue weighted by Gasteiger charge is -2.32. The number of ether oxygens (including phenoxy) is 2. The van der Waals surface area contributed by atoms with Crippen molar-refractivity contribution >= 4 is 27.5 Å². The summed E-state index contributed by atoms with van der Waals surface area (Å²) in [6, 6.07) is 11.5. The number of benzene rings is 2. The van der Waals surface area contributed by atoms with Gasteiger partial charge in [-0.25, -0.2) is 8.42 Å². The first-order valence-corrected chi connectivity index (χ1v) is 12.7. The van der Waals surface area contributed by atoms with Gasteiger partial charge in [0.15, 0.2) is 0 Å². The second-order valence-corrected chi connectivity index (χ2v) is 9.80. The highest BCUT2D eigenvalue weighted by atomic mass is 32.2. The molecule has 0 saturated carbocycles. The van der Waals surface area contributed by atoms with E-state index in [9.17, 15) is 18.0 Å². The van der Waals surface area contributed by atoms with E-state index in [0.717, 1.165) is 21.7 Å². The number of nitrogens with zero attached hydrogens (tertiary/aromatic N) is 2. The summed E-state index contributed by atoms with van der Waals surface area (Å²) in [5.74, 6) is -0.186. The second-order valence-electron chi connectivity index (χ2n) is 7.89. The molecule has 0 aliphatic carbocycles. The predicted octanol–water partition coefficient (Wildman–Crippen LogP) is 2.33. The molecule has 0 spiro atoms. The van der Waals surface area contributed by atoms with Crippen LogP contribution < -0.4 is 19.1 Å². The van der Waals surface area contributed by atoms with Crippen LogP contribution in [0.4, 0.5) is 5.69 Å². The fourth-order valence-electron chi connectivity index (χ4n) is 3.50. The maximum Gasteiger partial charge on any atom is 0.244 e. The average molecular weight is 492 g/mol. The maximum absolute atomic E-state index is 13.5. The van der Waals surface area contributed by atoms with Crippen LogP contribution in [0.15, 0.2) is 42.5 Å². The van der Waals surface area contributed by atoms with Gasteiger partial charge >= 0.3 is 0 Å². The van der Waals surface area contributed by atoms with Crippen LogP contribution in [-0.2, 0) is 26.2 Å². The summed E-state index contributed by atoms with van der Waals surface area (Å²) < 4.78 is 37.0. The van der Waals surface area contributed by atoms with Gasteiger partial charge in [-0.1, -0.05) is 29.8 Å². The molecule has 2 aromatic rings. The first kappa shape index (κ1) is 27.0. The first-order valence-electron chi connectivity index (χ1n) is 10.8. The summed E-state index contributed by atoms with van der Waals surface area (Å²) in [5.41, 5.74) is 2.00. The molecule has 2 rings (SSSR count). The maximum atomic E-state index is 13.5. The zero-order valence-corrected chi connectivity index (χ0v) is 21.3. The summed E-state index contributed by atoms with van der Waals surface area (Å²) in [4.78, 5) is 27.5. The van der Waals surface area contributed by atoms with E-state index in [-0.39, 0.29) is 23.9 Å². The minimum atomic E-state index is -3.89. The van der Waals surface area contributed by atoms with E-state index in [0.29, 0.717) is 12.3 Å². The van der Waals surface area contributed by atoms with Crippen LogP contribution in [0, 0.1) is 6.92 Å². The van der Waals surface area contributed by atoms with Crippen LogP contribution in [-0.4, -0.2) is 64.7 Å². The second kappa shape index (κ2) is 11.7. The molecule has 0 fully saturated rings. The third-order valence-electron chi connectivity index (χ3n) is 5.29. The minimum absolute atomic E-state index is 0.145. The van der Waals surface area contributed by atoms with Crippen molar-refractivity contribution in [3.8, 4) is 11.5 Å². The number of likely N-dealkylation sites (N-methyl/N-ethyl adjacent to an activating group) is 1. The number of hydrogen-bond acceptors (Lipinski definition) is 6. The lowest BCUT2D eigenvalue weighted by atomic mass is 10.1. The summed E-state index contributed by atoms with van der Waals surface area (Å²) >= 11 is 0. The van der Waals surface area contributed by atoms with E-state index in [1.54, 1.807) is 26.0 Å². The SMILES string of the molecule is CCNC(=O)C(C)N(Cc1cccc(C)c1)C(=O)CN(c1cc(OC)ccc1OC)S(C)(=O)=O. The molecule has 0 aliphatic rings. The van der Waals surface area contributed by atoms with E-state index in [2.05, 4.69) is 5.32 Å². The monoisotopic (exact) mass is 491 g/mol. The fraction of sp³-hybridized carbons (Fsp3) is 0.417. The van der Waals surface area contributed by atoms with E-state index in [1.165, 1.54) is 25.2 Å². The number of sulfonamides is 1. The number of anilines is 1. The van der Waals surface area contributed by atoms with Crippen molar-refractivity contribution in [2.45, 2.75) is 33.4 Å². The molecule has 0 saturated heterocycles. The minimum Gasteiger partial charge on any atom is -0.497 e. The van der Waals surface area contributed by atoms with Crippen LogP contribution in [0.25, 0.3) is 0 Å². The van der Waals surface area contributed by atoms with E-state index < -0.39 is 28.5 Å². The van der Waals surface area contributed by atoms with Gasteiger partial charge < -0.3 is 19.7 Å². The standard InChI is InChI=1S/C24H33N3O6S/c1-7-25-24(29)18(3)26(15-19-10-8-9-17(2)13-19)23(28)16-27(34(6,30)31)21-14-20(32-4)11-12-22(21)33-5/h8-14,18H,7,15-16H2,1-6H3,(H,25,29). The van der Waals surface area contributed by atoms with Gasteiger partial charge in [-0.3, -0.25) is 13.9 Å². The molecule has 0 heterocycles. The van der Waals surface area contributed by atoms with Crippen LogP contribution in [0.2, 0.25) is 0 Å². The Hall–Kier alpha value is -3.27. The lowest BCUT2D eigenvalue weighted by molar-refractivity contribution is -0.139. The Labute approximate surface area is 201 Å². The summed E-state index contributed by atoms with van der Waals surface area (Å²) in [5, 5.41) is 2.73. The van der Waals surface area contributed by atoms with Gasteiger partial charge in [-0.2, -0.15) is 0 Å². The van der Waals surface area contributed by atoms with Crippen LogP contribution in [0.1, 0.15) is 25.0 Å². The molecule has 2 aromatic carbocycles. The van der Waals surface area contributed by atoms with Gasteiger partial charge in [0.2, 0.25) is 21.8 Å². The van der Waals surface area contributed by atoms with Gasteiger partial charge in [0, 0.05) is 19.2 Å². The number of hydrogen-bond donors (Lipinski definition) is 1. The Morgan fingerprint density at radius 1 is 1.09 bits per heavy atom. The molecule has 2 amide bonds. The van der Waals surface area contributed by atoms with Crippen molar-refractivity contribution in [2.24, 2.45) is 0 Å². The van der Waals surface area contributed by atoms with Crippen molar-refractivity contribution < 1.29 is 27.5 Å². The van der Waals surface area contributed by atoms with E-state index in [4.69, 9.17) is 9.47 Å². The van der Waals surface area contributed by atoms with Crippen molar-refractivity contribution in [2.75, 3.05) is 37.9 Å². The molecule has 1 N–H and O–H groups in total. The topological polar surface area (TPSA) is 105 Å². The molecule has 0 aromatic heterocycles. The predicted molar refractivity (Wildman–Crippen MR) is 132 cm³/mol. The zero-order chi connectivity index (χ0) is 25.5. The molecule has 10 heteroatoms. The van der Waals surface area contributed by atoms with Crippen LogP contribution in [0.5, 0.6) is 11.5 Å². The molecular formula is C24H33N3O6S. The molecular weight excluding hydrogens is 458 g/mol. The van der Waals surface area contributed by atoms with E-state index in [1.807, 2.05) is 31.2 Å². The zero-order valence-electron chi connectivity index (χ0n) is 20.5. The van der Waals surface area contributed by atoms with Crippen LogP contribution >= 0.6 is 0 Å². The Morgan fingerprint density at radius 2 is 1.79 bits per heavy atom. The quantitative estimate of drug-likeness (QED) is 0.517. The summed E-state index contributed by atoms with van der Waals surface area (Å²) in [6.07, 6.45) is 1.01. The molecule has 0 bridgehead atoms. The molecule has 34 heavy (non-hydrogen) atoms. The summed E-state index contributed by atoms with van der Waals surface area (Å²) in [6.45, 7) is 5.38. The highest BCUT2D eigenvalue weighted by Gasteiger charge is 2.31. The van der Waals surface area contributed by atoms with Crippen LogP contribution in [0.3, 0.4) is 0 Å². The highest BCUT2D eigenvalue weighted by Crippen LogP contribution is 2.34. The molecule has 186 valence electrons. The number of carbonyl (C=O) groups excluding carboxylic acids is 2. The Balaban J connectivity index is 2.48. The normalized spacial score (nSPS) is 11.9. The number of aryl methyl sites for hydroxylation is 1. The number of methoxy groups -OCH3 is 2. The molecule has 1 atom stereocenters.